The zero-order valence-electron chi connectivity index (χ0n) is 23.8. The predicted octanol–water partition coefficient (Wildman–Crippen LogP) is 5.80. The van der Waals surface area contributed by atoms with Crippen molar-refractivity contribution in [3.63, 3.8) is 0 Å². The monoisotopic (exact) mass is 554 g/mol. The summed E-state index contributed by atoms with van der Waals surface area (Å²) in [6, 6.07) is 31.4. The number of hydrogen-bond donors (Lipinski definition) is 2. The Morgan fingerprint density at radius 3 is 1.41 bits per heavy atom. The molecule has 0 aliphatic heterocycles. The molecule has 0 saturated heterocycles. The van der Waals surface area contributed by atoms with Crippen LogP contribution in [0.15, 0.2) is 109 Å². The van der Waals surface area contributed by atoms with Crippen LogP contribution in [-0.4, -0.2) is 59.0 Å². The number of carbonyl (C=O) groups is 3. The lowest BCUT2D eigenvalue weighted by molar-refractivity contribution is -0.134. The molecule has 1 aliphatic carbocycles. The van der Waals surface area contributed by atoms with Crippen LogP contribution in [-0.2, 0) is 25.5 Å². The van der Waals surface area contributed by atoms with E-state index in [1.165, 1.54) is 11.1 Å². The highest BCUT2D eigenvalue weighted by Gasteiger charge is 2.48. The van der Waals surface area contributed by atoms with Gasteiger partial charge in [-0.3, -0.25) is 9.69 Å². The molecular formula is C34H38N2O5. The Morgan fingerprint density at radius 2 is 1.00 bits per heavy atom. The van der Waals surface area contributed by atoms with Crippen molar-refractivity contribution >= 4 is 23.9 Å². The van der Waals surface area contributed by atoms with E-state index in [2.05, 4.69) is 73.6 Å². The fraction of sp³-hybridized carbons (Fsp3) is 0.265. The molecule has 0 heterocycles. The Labute approximate surface area is 242 Å². The number of aliphatic carboxylic acids is 2. The standard InChI is InChI=1S/C30H34N2O.C4H4O4/c1-31(2)29(26-15-9-5-10-16-26)21-23-30(24-22-29,27-17-11-6-12-18-27)32(3)28(33)20-19-25-13-7-4-8-14-25;5-3(6)1-2-4(7)8/h4-20H,21-24H2,1-3H3;1-2H,(H,5,6)(H,7,8)/b20-19+;2-1-. The molecule has 7 heteroatoms. The van der Waals surface area contributed by atoms with Gasteiger partial charge in [0.15, 0.2) is 0 Å². The number of nitrogens with zero attached hydrogens (tertiary/aromatic N) is 2. The Bertz CT molecular complexity index is 1330. The average Bonchev–Trinajstić information content (AvgIpc) is 3.00. The molecule has 3 aromatic carbocycles. The van der Waals surface area contributed by atoms with Crippen molar-refractivity contribution in [3.8, 4) is 0 Å². The Morgan fingerprint density at radius 1 is 0.610 bits per heavy atom. The van der Waals surface area contributed by atoms with Gasteiger partial charge in [-0.05, 0) is 62.5 Å². The summed E-state index contributed by atoms with van der Waals surface area (Å²) in [5.74, 6) is -2.47. The number of carboxylic acids is 2. The maximum Gasteiger partial charge on any atom is 0.328 e. The third-order valence-corrected chi connectivity index (χ3v) is 7.94. The fourth-order valence-corrected chi connectivity index (χ4v) is 5.58. The average molecular weight is 555 g/mol. The Kier molecular flexibility index (Phi) is 10.8. The minimum absolute atomic E-state index is 0.0245. The molecule has 4 rings (SSSR count). The second-order valence-electron chi connectivity index (χ2n) is 10.3. The molecule has 0 bridgehead atoms. The summed E-state index contributed by atoms with van der Waals surface area (Å²) in [7, 11) is 6.33. The van der Waals surface area contributed by atoms with Gasteiger partial charge in [-0.2, -0.15) is 0 Å². The smallest absolute Gasteiger partial charge is 0.328 e. The molecule has 2 N–H and O–H groups in total. The van der Waals surface area contributed by atoms with Crippen LogP contribution in [0.2, 0.25) is 0 Å². The summed E-state index contributed by atoms with van der Waals surface area (Å²) < 4.78 is 0. The molecule has 0 unspecified atom stereocenters. The lowest BCUT2D eigenvalue weighted by Crippen LogP contribution is -2.54. The summed E-state index contributed by atoms with van der Waals surface area (Å²) in [6.45, 7) is 0. The quantitative estimate of drug-likeness (QED) is 0.342. The molecule has 41 heavy (non-hydrogen) atoms. The zero-order chi connectivity index (χ0) is 29.9. The summed E-state index contributed by atoms with van der Waals surface area (Å²) in [4.78, 5) is 36.8. The van der Waals surface area contributed by atoms with E-state index in [0.717, 1.165) is 31.2 Å². The maximum absolute atomic E-state index is 13.4. The second kappa shape index (κ2) is 14.2. The van der Waals surface area contributed by atoms with Gasteiger partial charge in [0.2, 0.25) is 5.91 Å². The van der Waals surface area contributed by atoms with E-state index in [0.29, 0.717) is 12.2 Å². The molecule has 1 aliphatic rings. The summed E-state index contributed by atoms with van der Waals surface area (Å²) in [6.07, 6.45) is 8.53. The van der Waals surface area contributed by atoms with Crippen molar-refractivity contribution in [2.24, 2.45) is 0 Å². The summed E-state index contributed by atoms with van der Waals surface area (Å²) >= 11 is 0. The van der Waals surface area contributed by atoms with E-state index >= 15 is 0 Å². The van der Waals surface area contributed by atoms with Gasteiger partial charge < -0.3 is 15.1 Å². The predicted molar refractivity (Wildman–Crippen MR) is 161 cm³/mol. The Balaban J connectivity index is 0.000000507. The normalized spacial score (nSPS) is 20.4. The molecule has 3 aromatic rings. The largest absolute Gasteiger partial charge is 0.478 e. The van der Waals surface area contributed by atoms with Gasteiger partial charge in [0.05, 0.1) is 5.54 Å². The number of hydrogen-bond acceptors (Lipinski definition) is 4. The van der Waals surface area contributed by atoms with Gasteiger partial charge in [-0.15, -0.1) is 0 Å². The highest BCUT2D eigenvalue weighted by Crippen LogP contribution is 2.50. The molecule has 0 spiro atoms. The van der Waals surface area contributed by atoms with Gasteiger partial charge in [0, 0.05) is 30.8 Å². The number of benzene rings is 3. The molecule has 214 valence electrons. The number of rotatable bonds is 8. The number of carbonyl (C=O) groups excluding carboxylic acids is 1. The first-order valence-electron chi connectivity index (χ1n) is 13.5. The van der Waals surface area contributed by atoms with Crippen molar-refractivity contribution in [1.29, 1.82) is 0 Å². The van der Waals surface area contributed by atoms with Crippen LogP contribution in [0.25, 0.3) is 6.08 Å². The third kappa shape index (κ3) is 7.80. The lowest BCUT2D eigenvalue weighted by atomic mass is 9.66. The van der Waals surface area contributed by atoms with E-state index in [9.17, 15) is 14.4 Å². The topological polar surface area (TPSA) is 98.2 Å². The van der Waals surface area contributed by atoms with Crippen molar-refractivity contribution in [3.05, 3.63) is 126 Å². The zero-order valence-corrected chi connectivity index (χ0v) is 23.8. The first-order chi connectivity index (χ1) is 19.6. The summed E-state index contributed by atoms with van der Waals surface area (Å²) in [5, 5.41) is 15.6. The molecule has 1 amide bonds. The highest BCUT2D eigenvalue weighted by molar-refractivity contribution is 5.92. The molecule has 0 atom stereocenters. The third-order valence-electron chi connectivity index (χ3n) is 7.94. The fourth-order valence-electron chi connectivity index (χ4n) is 5.58. The molecule has 7 nitrogen and oxygen atoms in total. The van der Waals surface area contributed by atoms with E-state index in [-0.39, 0.29) is 17.0 Å². The second-order valence-corrected chi connectivity index (χ2v) is 10.3. The van der Waals surface area contributed by atoms with Gasteiger partial charge >= 0.3 is 11.9 Å². The van der Waals surface area contributed by atoms with Crippen LogP contribution in [0.3, 0.4) is 0 Å². The first-order valence-corrected chi connectivity index (χ1v) is 13.5. The van der Waals surface area contributed by atoms with Crippen LogP contribution < -0.4 is 0 Å². The van der Waals surface area contributed by atoms with Crippen molar-refractivity contribution in [2.75, 3.05) is 21.1 Å². The SMILES string of the molecule is CN(C)C1(c2ccccc2)CCC(c2ccccc2)(N(C)C(=O)/C=C/c2ccccc2)CC1.O=C(O)/C=C\C(=O)O. The Hall–Kier alpha value is -4.49. The van der Waals surface area contributed by atoms with E-state index < -0.39 is 11.9 Å². The number of carboxylic acid groups (broad SMARTS) is 2. The van der Waals surface area contributed by atoms with E-state index in [4.69, 9.17) is 10.2 Å². The molecular weight excluding hydrogens is 516 g/mol. The van der Waals surface area contributed by atoms with Crippen LogP contribution in [0, 0.1) is 0 Å². The minimum Gasteiger partial charge on any atom is -0.478 e. The van der Waals surface area contributed by atoms with E-state index in [1.54, 1.807) is 6.08 Å². The number of amides is 1. The first kappa shape index (κ1) is 31.0. The molecule has 0 aromatic heterocycles. The van der Waals surface area contributed by atoms with Crippen molar-refractivity contribution in [1.82, 2.24) is 9.80 Å². The molecule has 1 saturated carbocycles. The van der Waals surface area contributed by atoms with Crippen molar-refractivity contribution < 1.29 is 24.6 Å². The van der Waals surface area contributed by atoms with Gasteiger partial charge in [0.25, 0.3) is 0 Å². The van der Waals surface area contributed by atoms with Gasteiger partial charge in [-0.25, -0.2) is 9.59 Å². The maximum atomic E-state index is 13.4. The number of likely N-dealkylation sites (N-methyl/N-ethyl adjacent to an activating group) is 1. The molecule has 1 fully saturated rings. The highest BCUT2D eigenvalue weighted by atomic mass is 16.4. The van der Waals surface area contributed by atoms with Crippen LogP contribution in [0.5, 0.6) is 0 Å². The van der Waals surface area contributed by atoms with Crippen LogP contribution in [0.4, 0.5) is 0 Å². The van der Waals surface area contributed by atoms with Gasteiger partial charge in [-0.1, -0.05) is 91.0 Å². The molecule has 0 radical (unpaired) electrons. The van der Waals surface area contributed by atoms with Crippen LogP contribution in [0.1, 0.15) is 42.4 Å². The minimum atomic E-state index is -1.26. The van der Waals surface area contributed by atoms with Crippen LogP contribution >= 0.6 is 0 Å². The van der Waals surface area contributed by atoms with E-state index in [1.807, 2.05) is 54.4 Å². The van der Waals surface area contributed by atoms with Gasteiger partial charge in [0.1, 0.15) is 0 Å². The lowest BCUT2D eigenvalue weighted by Gasteiger charge is -2.53. The van der Waals surface area contributed by atoms with Crippen molar-refractivity contribution in [2.45, 2.75) is 36.8 Å². The summed E-state index contributed by atoms with van der Waals surface area (Å²) in [5.41, 5.74) is 3.26.